The molecular weight excluding hydrogens is 504 g/mol. The third-order valence-corrected chi connectivity index (χ3v) is 6.52. The van der Waals surface area contributed by atoms with Gasteiger partial charge < -0.3 is 15.8 Å². The van der Waals surface area contributed by atoms with Gasteiger partial charge in [-0.3, -0.25) is 0 Å². The highest BCUT2D eigenvalue weighted by Crippen LogP contribution is 2.37. The van der Waals surface area contributed by atoms with E-state index < -0.39 is 26.2 Å². The van der Waals surface area contributed by atoms with E-state index in [9.17, 15) is 8.96 Å². The van der Waals surface area contributed by atoms with Gasteiger partial charge in [0.05, 0.1) is 22.4 Å². The van der Waals surface area contributed by atoms with Crippen molar-refractivity contribution in [2.24, 2.45) is 5.73 Å². The molecule has 1 aromatic carbocycles. The first-order valence-corrected chi connectivity index (χ1v) is 12.7. The Kier molecular flexibility index (Phi) is 8.86. The lowest BCUT2D eigenvalue weighted by molar-refractivity contribution is 0.143. The van der Waals surface area contributed by atoms with Crippen LogP contribution in [0.4, 0.5) is 10.1 Å². The molecule has 13 heteroatoms. The van der Waals surface area contributed by atoms with Gasteiger partial charge in [-0.05, 0) is 45.9 Å². The first kappa shape index (κ1) is 26.3. The number of aryl methyl sites for hydroxylation is 1. The molecule has 0 saturated carbocycles. The van der Waals surface area contributed by atoms with E-state index in [0.717, 1.165) is 11.4 Å². The summed E-state index contributed by atoms with van der Waals surface area (Å²) in [6.45, 7) is 7.37. The van der Waals surface area contributed by atoms with Gasteiger partial charge in [0.15, 0.2) is 16.6 Å². The lowest BCUT2D eigenvalue weighted by atomic mass is 10.2. The number of halogens is 2. The second-order valence-corrected chi connectivity index (χ2v) is 9.90. The van der Waals surface area contributed by atoms with Crippen LogP contribution >= 0.6 is 31.2 Å². The average molecular weight is 529 g/mol. The molecule has 0 spiro atoms. The maximum atomic E-state index is 14.7. The van der Waals surface area contributed by atoms with Gasteiger partial charge in [0.25, 0.3) is 0 Å². The molecule has 0 aliphatic rings. The van der Waals surface area contributed by atoms with Crippen LogP contribution in [0.1, 0.15) is 26.5 Å². The molecule has 34 heavy (non-hydrogen) atoms. The number of rotatable bonds is 10. The smallest absolute Gasteiger partial charge is 0.489 e. The van der Waals surface area contributed by atoms with Crippen molar-refractivity contribution >= 4 is 36.9 Å². The number of nitrogens with two attached hydrogens (primary N) is 1. The van der Waals surface area contributed by atoms with Crippen molar-refractivity contribution in [3.8, 4) is 27.0 Å². The maximum absolute atomic E-state index is 14.7. The number of hydrogen-bond donors (Lipinski definition) is 3. The number of hydrogen-bond acceptors (Lipinski definition) is 9. The lowest BCUT2D eigenvalue weighted by Gasteiger charge is -2.16. The van der Waals surface area contributed by atoms with E-state index >= 15 is 0 Å². The van der Waals surface area contributed by atoms with E-state index in [4.69, 9.17) is 31.5 Å². The zero-order valence-electron chi connectivity index (χ0n) is 19.0. The molecule has 0 amide bonds. The Morgan fingerprint density at radius 1 is 1.26 bits per heavy atom. The van der Waals surface area contributed by atoms with Crippen LogP contribution in [0.5, 0.6) is 5.75 Å². The van der Waals surface area contributed by atoms with Crippen molar-refractivity contribution in [3.05, 3.63) is 40.8 Å². The summed E-state index contributed by atoms with van der Waals surface area (Å²) in [6, 6.07) is 5.85. The fraction of sp³-hybridized carbons (Fsp3) is 0.381. The highest BCUT2D eigenvalue weighted by molar-refractivity contribution is 7.32. The molecule has 0 fully saturated rings. The van der Waals surface area contributed by atoms with Gasteiger partial charge in [0.2, 0.25) is 0 Å². The molecule has 0 bridgehead atoms. The van der Waals surface area contributed by atoms with E-state index in [-0.39, 0.29) is 23.4 Å². The van der Waals surface area contributed by atoms with Crippen LogP contribution in [0.3, 0.4) is 0 Å². The van der Waals surface area contributed by atoms with E-state index in [0.29, 0.717) is 21.3 Å². The Morgan fingerprint density at radius 3 is 2.62 bits per heavy atom. The molecule has 2 heterocycles. The highest BCUT2D eigenvalue weighted by atomic mass is 35.5. The summed E-state index contributed by atoms with van der Waals surface area (Å²) in [5.74, 6) is -0.775. The predicted octanol–water partition coefficient (Wildman–Crippen LogP) is 4.95. The van der Waals surface area contributed by atoms with Crippen molar-refractivity contribution in [3.63, 3.8) is 0 Å². The molecular formula is C21H25ClFN5O4PS+. The zero-order valence-corrected chi connectivity index (χ0v) is 21.4. The molecule has 1 unspecified atom stereocenters. The second kappa shape index (κ2) is 11.4. The van der Waals surface area contributed by atoms with Crippen LogP contribution in [-0.4, -0.2) is 44.9 Å². The molecule has 2 aromatic heterocycles. The van der Waals surface area contributed by atoms with Crippen LogP contribution in [0.2, 0.25) is 5.02 Å². The number of aromatic nitrogens is 3. The summed E-state index contributed by atoms with van der Waals surface area (Å²) < 4.78 is 35.6. The molecule has 4 N–H and O–H groups in total. The third-order valence-electron chi connectivity index (χ3n) is 4.72. The van der Waals surface area contributed by atoms with Crippen LogP contribution in [0.15, 0.2) is 24.3 Å². The number of anilines is 1. The first-order chi connectivity index (χ1) is 16.0. The number of nitrogens with one attached hydrogen (secondary N) is 1. The molecule has 0 radical (unpaired) electrons. The summed E-state index contributed by atoms with van der Waals surface area (Å²) in [6.07, 6.45) is -0.765. The Bertz CT molecular complexity index is 1180. The quantitative estimate of drug-likeness (QED) is 0.312. The zero-order chi connectivity index (χ0) is 25.0. The average Bonchev–Trinajstić information content (AvgIpc) is 3.24. The van der Waals surface area contributed by atoms with Gasteiger partial charge in [0, 0.05) is 22.2 Å². The van der Waals surface area contributed by atoms with E-state index in [1.54, 1.807) is 0 Å². The summed E-state index contributed by atoms with van der Waals surface area (Å²) >= 11 is 7.61. The second-order valence-electron chi connectivity index (χ2n) is 7.83. The summed E-state index contributed by atoms with van der Waals surface area (Å²) in [5.41, 5.74) is 8.64. The van der Waals surface area contributed by atoms with Crippen LogP contribution < -0.4 is 15.8 Å². The number of pyridine rings is 1. The van der Waals surface area contributed by atoms with Gasteiger partial charge in [-0.25, -0.2) is 9.37 Å². The highest BCUT2D eigenvalue weighted by Gasteiger charge is 2.25. The largest absolute Gasteiger partial charge is 0.695 e. The van der Waals surface area contributed by atoms with Crippen molar-refractivity contribution in [1.29, 1.82) is 0 Å². The Balaban J connectivity index is 1.76. The van der Waals surface area contributed by atoms with Gasteiger partial charge in [0.1, 0.15) is 23.4 Å². The SMILES string of the molecule is Cc1nc(-c2nnc(-c3cc(F)c(OC[C@H](N)[C@H](C)O[P+](=O)O)cc3Cl)s2)ccc1NC(C)C. The number of benzene rings is 1. The summed E-state index contributed by atoms with van der Waals surface area (Å²) in [4.78, 5) is 13.4. The molecule has 0 aliphatic heterocycles. The Morgan fingerprint density at radius 2 is 1.97 bits per heavy atom. The minimum absolute atomic E-state index is 0.111. The molecule has 3 aromatic rings. The van der Waals surface area contributed by atoms with Gasteiger partial charge in [-0.2, -0.15) is 0 Å². The van der Waals surface area contributed by atoms with Crippen molar-refractivity contribution < 1.29 is 23.1 Å². The van der Waals surface area contributed by atoms with E-state index in [2.05, 4.69) is 20.5 Å². The predicted molar refractivity (Wildman–Crippen MR) is 131 cm³/mol. The van der Waals surface area contributed by atoms with Crippen LogP contribution in [0.25, 0.3) is 21.3 Å². The van der Waals surface area contributed by atoms with Gasteiger partial charge in [-0.15, -0.1) is 19.6 Å². The first-order valence-electron chi connectivity index (χ1n) is 10.3. The normalized spacial score (nSPS) is 13.6. The summed E-state index contributed by atoms with van der Waals surface area (Å²) in [5, 5.41) is 12.9. The van der Waals surface area contributed by atoms with Crippen molar-refractivity contribution in [1.82, 2.24) is 15.2 Å². The van der Waals surface area contributed by atoms with E-state index in [1.165, 1.54) is 30.4 Å². The van der Waals surface area contributed by atoms with Gasteiger partial charge in [-0.1, -0.05) is 22.9 Å². The minimum Gasteiger partial charge on any atom is -0.489 e. The fourth-order valence-corrected chi connectivity index (χ4v) is 4.51. The van der Waals surface area contributed by atoms with E-state index in [1.807, 2.05) is 32.9 Å². The standard InChI is InChI=1S/C21H24ClFN5O4PS/c1-10(2)25-17-5-6-18(26-11(17)3)21-28-27-20(34-21)13-7-15(23)19(8-14(13)22)31-9-16(24)12(4)32-33(29)30/h5-8,10,12,16,25H,9,24H2,1-4H3/p+1/t12-,16-/m0/s1. The molecule has 0 aliphatic carbocycles. The fourth-order valence-electron chi connectivity index (χ4n) is 2.92. The Hall–Kier alpha value is -2.27. The minimum atomic E-state index is -2.80. The van der Waals surface area contributed by atoms with Gasteiger partial charge >= 0.3 is 8.25 Å². The lowest BCUT2D eigenvalue weighted by Crippen LogP contribution is -2.38. The van der Waals surface area contributed by atoms with Crippen LogP contribution in [0, 0.1) is 12.7 Å². The Labute approximate surface area is 206 Å². The van der Waals surface area contributed by atoms with Crippen LogP contribution in [-0.2, 0) is 9.09 Å². The third kappa shape index (κ3) is 6.65. The maximum Gasteiger partial charge on any atom is 0.695 e. The molecule has 182 valence electrons. The van der Waals surface area contributed by atoms with Crippen molar-refractivity contribution in [2.45, 2.75) is 45.9 Å². The number of ether oxygens (including phenoxy) is 1. The number of nitrogens with zero attached hydrogens (tertiary/aromatic N) is 3. The summed E-state index contributed by atoms with van der Waals surface area (Å²) in [7, 11) is -2.80. The van der Waals surface area contributed by atoms with Crippen molar-refractivity contribution in [2.75, 3.05) is 11.9 Å². The molecule has 3 atom stereocenters. The monoisotopic (exact) mass is 528 g/mol. The molecule has 9 nitrogen and oxygen atoms in total. The molecule has 0 saturated heterocycles. The molecule has 3 rings (SSSR count). The topological polar surface area (TPSA) is 132 Å².